The molecule has 0 saturated heterocycles. The van der Waals surface area contributed by atoms with Gasteiger partial charge in [-0.15, -0.1) is 0 Å². The first kappa shape index (κ1) is 16.7. The van der Waals surface area contributed by atoms with Gasteiger partial charge in [0.05, 0.1) is 0 Å². The molecule has 3 rings (SSSR count). The lowest BCUT2D eigenvalue weighted by Crippen LogP contribution is -2.44. The highest BCUT2D eigenvalue weighted by molar-refractivity contribution is 5.94. The Morgan fingerprint density at radius 3 is 2.58 bits per heavy atom. The first-order valence-corrected chi connectivity index (χ1v) is 8.54. The molecule has 0 spiro atoms. The van der Waals surface area contributed by atoms with Crippen molar-refractivity contribution in [3.8, 4) is 0 Å². The van der Waals surface area contributed by atoms with E-state index in [2.05, 4.69) is 10.6 Å². The van der Waals surface area contributed by atoms with Crippen LogP contribution in [0.2, 0.25) is 0 Å². The summed E-state index contributed by atoms with van der Waals surface area (Å²) in [6.45, 7) is 0.150. The van der Waals surface area contributed by atoms with Gasteiger partial charge in [-0.05, 0) is 54.9 Å². The van der Waals surface area contributed by atoms with Crippen LogP contribution >= 0.6 is 0 Å². The van der Waals surface area contributed by atoms with Crippen LogP contribution in [0.1, 0.15) is 35.2 Å². The minimum Gasteiger partial charge on any atom is -0.396 e. The molecule has 4 atom stereocenters. The second kappa shape index (κ2) is 7.18. The summed E-state index contributed by atoms with van der Waals surface area (Å²) in [5.74, 6) is 1.02. The number of aliphatic hydroxyl groups is 1. The Labute approximate surface area is 142 Å². The lowest BCUT2D eigenvalue weighted by molar-refractivity contribution is -0.117. The lowest BCUT2D eigenvalue weighted by Gasteiger charge is -2.30. The molecule has 0 radical (unpaired) electrons. The number of amides is 2. The van der Waals surface area contributed by atoms with Gasteiger partial charge in [-0.25, -0.2) is 0 Å². The van der Waals surface area contributed by atoms with E-state index < -0.39 is 0 Å². The number of rotatable bonds is 5. The lowest BCUT2D eigenvalue weighted by atomic mass is 9.85. The smallest absolute Gasteiger partial charge is 0.251 e. The van der Waals surface area contributed by atoms with E-state index >= 15 is 0 Å². The van der Waals surface area contributed by atoms with Crippen LogP contribution in [0.3, 0.4) is 0 Å². The highest BCUT2D eigenvalue weighted by Crippen LogP contribution is 2.48. The van der Waals surface area contributed by atoms with Gasteiger partial charge in [0.25, 0.3) is 5.91 Å². The number of nitrogens with one attached hydrogen (secondary N) is 2. The molecule has 2 bridgehead atoms. The zero-order valence-electron chi connectivity index (χ0n) is 13.9. The fraction of sp³-hybridized carbons (Fsp3) is 0.474. The molecule has 0 heterocycles. The summed E-state index contributed by atoms with van der Waals surface area (Å²) >= 11 is 0. The van der Waals surface area contributed by atoms with E-state index in [1.807, 2.05) is 12.1 Å². The minimum atomic E-state index is -0.130. The Morgan fingerprint density at radius 2 is 1.92 bits per heavy atom. The van der Waals surface area contributed by atoms with E-state index in [0.29, 0.717) is 17.4 Å². The van der Waals surface area contributed by atoms with Crippen LogP contribution in [0.5, 0.6) is 0 Å². The third-order valence-electron chi connectivity index (χ3n) is 5.44. The number of fused-ring (bicyclic) bond motifs is 2. The van der Waals surface area contributed by atoms with Crippen LogP contribution in [-0.2, 0) is 4.79 Å². The molecular weight excluding hydrogens is 304 g/mol. The standard InChI is InChI=1S/C19H24N2O3/c1-20-19(24)13-5-2-12(3-6-13)4-9-17(23)21-18-15-8-7-14(10-15)16(18)11-22/h2-6,9,14-16,18,22H,7-8,10-11H2,1H3,(H,20,24)(H,21,23)/b9-4+. The van der Waals surface area contributed by atoms with Crippen molar-refractivity contribution in [3.05, 3.63) is 41.5 Å². The first-order valence-electron chi connectivity index (χ1n) is 8.54. The molecule has 1 aromatic rings. The predicted octanol–water partition coefficient (Wildman–Crippen LogP) is 1.58. The molecule has 2 aliphatic carbocycles. The molecule has 5 heteroatoms. The summed E-state index contributed by atoms with van der Waals surface area (Å²) in [7, 11) is 1.59. The van der Waals surface area contributed by atoms with E-state index in [0.717, 1.165) is 18.4 Å². The molecule has 128 valence electrons. The largest absolute Gasteiger partial charge is 0.396 e. The van der Waals surface area contributed by atoms with Gasteiger partial charge >= 0.3 is 0 Å². The van der Waals surface area contributed by atoms with E-state index in [4.69, 9.17) is 0 Å². The zero-order chi connectivity index (χ0) is 17.1. The molecular formula is C19H24N2O3. The maximum atomic E-state index is 12.2. The summed E-state index contributed by atoms with van der Waals surface area (Å²) in [6, 6.07) is 7.18. The van der Waals surface area contributed by atoms with Crippen molar-refractivity contribution in [2.45, 2.75) is 25.3 Å². The quantitative estimate of drug-likeness (QED) is 0.718. The number of carbonyl (C=O) groups excluding carboxylic acids is 2. The molecule has 3 N–H and O–H groups in total. The summed E-state index contributed by atoms with van der Waals surface area (Å²) < 4.78 is 0. The Bertz CT molecular complexity index is 639. The van der Waals surface area contributed by atoms with Crippen molar-refractivity contribution in [2.75, 3.05) is 13.7 Å². The molecule has 5 nitrogen and oxygen atoms in total. The van der Waals surface area contributed by atoms with Gasteiger partial charge in [0.1, 0.15) is 0 Å². The molecule has 0 aliphatic heterocycles. The van der Waals surface area contributed by atoms with Crippen LogP contribution in [-0.4, -0.2) is 36.6 Å². The Hall–Kier alpha value is -2.14. The van der Waals surface area contributed by atoms with Crippen LogP contribution in [0.25, 0.3) is 6.08 Å². The van der Waals surface area contributed by atoms with Crippen LogP contribution in [0.4, 0.5) is 0 Å². The van der Waals surface area contributed by atoms with Crippen LogP contribution < -0.4 is 10.6 Å². The number of hydrogen-bond acceptors (Lipinski definition) is 3. The Morgan fingerprint density at radius 1 is 1.21 bits per heavy atom. The van der Waals surface area contributed by atoms with E-state index in [1.165, 1.54) is 12.5 Å². The van der Waals surface area contributed by atoms with Crippen molar-refractivity contribution in [3.63, 3.8) is 0 Å². The summed E-state index contributed by atoms with van der Waals surface area (Å²) in [5, 5.41) is 15.2. The van der Waals surface area contributed by atoms with Gasteiger partial charge in [0, 0.05) is 37.3 Å². The molecule has 2 saturated carbocycles. The van der Waals surface area contributed by atoms with Crippen molar-refractivity contribution in [2.24, 2.45) is 17.8 Å². The van der Waals surface area contributed by atoms with Crippen molar-refractivity contribution in [1.29, 1.82) is 0 Å². The second-order valence-corrected chi connectivity index (χ2v) is 6.75. The average molecular weight is 328 g/mol. The van der Waals surface area contributed by atoms with Gasteiger partial charge in [-0.1, -0.05) is 12.1 Å². The summed E-state index contributed by atoms with van der Waals surface area (Å²) in [6.07, 6.45) is 6.72. The molecule has 2 fully saturated rings. The molecule has 1 aromatic carbocycles. The Balaban J connectivity index is 1.58. The van der Waals surface area contributed by atoms with Gasteiger partial charge in [-0.2, -0.15) is 0 Å². The highest BCUT2D eigenvalue weighted by Gasteiger charge is 2.47. The third-order valence-corrected chi connectivity index (χ3v) is 5.44. The van der Waals surface area contributed by atoms with E-state index in [1.54, 1.807) is 25.3 Å². The molecule has 4 unspecified atom stereocenters. The van der Waals surface area contributed by atoms with E-state index in [-0.39, 0.29) is 30.4 Å². The van der Waals surface area contributed by atoms with Gasteiger partial charge in [0.2, 0.25) is 5.91 Å². The van der Waals surface area contributed by atoms with Gasteiger partial charge in [0.15, 0.2) is 0 Å². The van der Waals surface area contributed by atoms with Crippen molar-refractivity contribution in [1.82, 2.24) is 10.6 Å². The summed E-state index contributed by atoms with van der Waals surface area (Å²) in [4.78, 5) is 23.7. The third kappa shape index (κ3) is 3.36. The van der Waals surface area contributed by atoms with Crippen molar-refractivity contribution >= 4 is 17.9 Å². The highest BCUT2D eigenvalue weighted by atomic mass is 16.3. The zero-order valence-corrected chi connectivity index (χ0v) is 13.9. The average Bonchev–Trinajstić information content (AvgIpc) is 3.21. The van der Waals surface area contributed by atoms with Crippen LogP contribution in [0.15, 0.2) is 30.3 Å². The molecule has 2 amide bonds. The normalized spacial score (nSPS) is 28.2. The summed E-state index contributed by atoms with van der Waals surface area (Å²) in [5.41, 5.74) is 1.45. The number of hydrogen-bond donors (Lipinski definition) is 3. The molecule has 24 heavy (non-hydrogen) atoms. The first-order chi connectivity index (χ1) is 11.6. The van der Waals surface area contributed by atoms with Crippen LogP contribution in [0, 0.1) is 17.8 Å². The number of aliphatic hydroxyl groups excluding tert-OH is 1. The monoisotopic (exact) mass is 328 g/mol. The van der Waals surface area contributed by atoms with Crippen molar-refractivity contribution < 1.29 is 14.7 Å². The fourth-order valence-corrected chi connectivity index (χ4v) is 4.17. The topological polar surface area (TPSA) is 78.4 Å². The maximum Gasteiger partial charge on any atom is 0.251 e. The van der Waals surface area contributed by atoms with Gasteiger partial charge in [-0.3, -0.25) is 9.59 Å². The Kier molecular flexibility index (Phi) is 5.00. The number of benzene rings is 1. The van der Waals surface area contributed by atoms with Gasteiger partial charge < -0.3 is 15.7 Å². The SMILES string of the molecule is CNC(=O)c1ccc(/C=C/C(=O)NC2C3CCC(C3)C2CO)cc1. The minimum absolute atomic E-state index is 0.0986. The maximum absolute atomic E-state index is 12.2. The molecule has 0 aromatic heterocycles. The predicted molar refractivity (Wildman–Crippen MR) is 92.2 cm³/mol. The molecule has 2 aliphatic rings. The van der Waals surface area contributed by atoms with E-state index in [9.17, 15) is 14.7 Å². The second-order valence-electron chi connectivity index (χ2n) is 6.75. The fourth-order valence-electron chi connectivity index (χ4n) is 4.17. The number of carbonyl (C=O) groups is 2.